The lowest BCUT2D eigenvalue weighted by atomic mass is 10.1. The molecular weight excluding hydrogens is 641 g/mol. The first-order valence-electron chi connectivity index (χ1n) is 22.7. The van der Waals surface area contributed by atoms with Gasteiger partial charge in [0.05, 0.1) is 13.2 Å². The second-order valence-corrected chi connectivity index (χ2v) is 15.1. The van der Waals surface area contributed by atoms with Crippen molar-refractivity contribution in [2.24, 2.45) is 0 Å². The van der Waals surface area contributed by atoms with E-state index in [-0.39, 0.29) is 12.6 Å². The van der Waals surface area contributed by atoms with E-state index in [9.17, 15) is 9.90 Å². The van der Waals surface area contributed by atoms with Crippen LogP contribution in [0.25, 0.3) is 0 Å². The second kappa shape index (κ2) is 45.5. The summed E-state index contributed by atoms with van der Waals surface area (Å²) in [5.41, 5.74) is 0. The molecule has 0 aromatic heterocycles. The lowest BCUT2D eigenvalue weighted by molar-refractivity contribution is -0.154. The predicted octanol–water partition coefficient (Wildman–Crippen LogP) is 15.0. The highest BCUT2D eigenvalue weighted by Crippen LogP contribution is 2.14. The lowest BCUT2D eigenvalue weighted by Crippen LogP contribution is -2.27. The molecular formula is C48H88O4. The maximum absolute atomic E-state index is 12.2. The Labute approximate surface area is 324 Å². The van der Waals surface area contributed by atoms with Gasteiger partial charge in [-0.15, -0.1) is 0 Å². The first kappa shape index (κ1) is 50.4. The number of aliphatic hydroxyl groups excluding tert-OH is 1. The predicted molar refractivity (Wildman–Crippen MR) is 228 cm³/mol. The molecule has 4 heteroatoms. The molecule has 0 saturated heterocycles. The number of aliphatic hydroxyl groups is 1. The summed E-state index contributed by atoms with van der Waals surface area (Å²) >= 11 is 0. The summed E-state index contributed by atoms with van der Waals surface area (Å²) in [4.78, 5) is 12.2. The third-order valence-corrected chi connectivity index (χ3v) is 9.88. The Hall–Kier alpha value is -1.65. The Morgan fingerprint density at radius 1 is 0.462 bits per heavy atom. The quantitative estimate of drug-likeness (QED) is 0.0386. The standard InChI is InChI=1S/C48H88O4/c1-3-5-7-9-11-13-15-17-19-21-23-24-25-27-29-31-33-35-37-39-41-43-48(50)52-47(45-49)46-51-44-42-40-38-36-34-32-30-28-26-22-20-18-16-14-12-10-8-6-4-2/h14-17,20-23,47,49H,3-13,18-19,24-46H2,1-2H3/b16-14-,17-15-,22-20-,23-21-. The summed E-state index contributed by atoms with van der Waals surface area (Å²) in [5, 5.41) is 9.62. The van der Waals surface area contributed by atoms with Crippen LogP contribution in [0.4, 0.5) is 0 Å². The summed E-state index contributed by atoms with van der Waals surface area (Å²) < 4.78 is 11.2. The van der Waals surface area contributed by atoms with E-state index in [0.29, 0.717) is 19.6 Å². The summed E-state index contributed by atoms with van der Waals surface area (Å²) in [6.07, 6.45) is 58.9. The first-order chi connectivity index (χ1) is 25.7. The van der Waals surface area contributed by atoms with E-state index in [2.05, 4.69) is 62.5 Å². The van der Waals surface area contributed by atoms with Gasteiger partial charge in [-0.3, -0.25) is 4.79 Å². The number of unbranched alkanes of at least 4 members (excludes halogenated alkanes) is 26. The highest BCUT2D eigenvalue weighted by Gasteiger charge is 2.13. The molecule has 0 aromatic rings. The van der Waals surface area contributed by atoms with Gasteiger partial charge in [0.25, 0.3) is 0 Å². The Kier molecular flexibility index (Phi) is 44.1. The maximum Gasteiger partial charge on any atom is 0.306 e. The highest BCUT2D eigenvalue weighted by atomic mass is 16.6. The van der Waals surface area contributed by atoms with Gasteiger partial charge in [-0.05, 0) is 77.0 Å². The molecule has 304 valence electrons. The fourth-order valence-corrected chi connectivity index (χ4v) is 6.45. The van der Waals surface area contributed by atoms with Crippen molar-refractivity contribution in [3.05, 3.63) is 48.6 Å². The van der Waals surface area contributed by atoms with Gasteiger partial charge < -0.3 is 14.6 Å². The number of hydrogen-bond acceptors (Lipinski definition) is 4. The van der Waals surface area contributed by atoms with Gasteiger partial charge in [0, 0.05) is 13.0 Å². The van der Waals surface area contributed by atoms with Gasteiger partial charge in [0.1, 0.15) is 6.10 Å². The highest BCUT2D eigenvalue weighted by molar-refractivity contribution is 5.69. The molecule has 1 unspecified atom stereocenters. The number of carbonyl (C=O) groups excluding carboxylic acids is 1. The molecule has 0 amide bonds. The van der Waals surface area contributed by atoms with Crippen LogP contribution in [-0.2, 0) is 14.3 Å². The zero-order chi connectivity index (χ0) is 37.7. The van der Waals surface area contributed by atoms with Gasteiger partial charge in [-0.2, -0.15) is 0 Å². The second-order valence-electron chi connectivity index (χ2n) is 15.1. The molecule has 0 aliphatic carbocycles. The molecule has 0 spiro atoms. The van der Waals surface area contributed by atoms with Crippen molar-refractivity contribution in [3.63, 3.8) is 0 Å². The normalized spacial score (nSPS) is 12.8. The molecule has 0 rings (SSSR count). The molecule has 0 fully saturated rings. The fourth-order valence-electron chi connectivity index (χ4n) is 6.45. The average Bonchev–Trinajstić information content (AvgIpc) is 3.15. The van der Waals surface area contributed by atoms with Crippen molar-refractivity contribution >= 4 is 5.97 Å². The van der Waals surface area contributed by atoms with Gasteiger partial charge in [-0.1, -0.05) is 191 Å². The number of rotatable bonds is 42. The summed E-state index contributed by atoms with van der Waals surface area (Å²) in [5.74, 6) is -0.206. The number of ether oxygens (including phenoxy) is 2. The van der Waals surface area contributed by atoms with Crippen LogP contribution in [0.15, 0.2) is 48.6 Å². The van der Waals surface area contributed by atoms with E-state index in [1.165, 1.54) is 173 Å². The molecule has 0 aliphatic heterocycles. The minimum absolute atomic E-state index is 0.176. The van der Waals surface area contributed by atoms with Crippen LogP contribution in [0.5, 0.6) is 0 Å². The number of esters is 1. The molecule has 0 radical (unpaired) electrons. The summed E-state index contributed by atoms with van der Waals surface area (Å²) in [6.45, 7) is 5.32. The number of hydrogen-bond donors (Lipinski definition) is 1. The zero-order valence-corrected chi connectivity index (χ0v) is 34.8. The Bertz CT molecular complexity index is 813. The Morgan fingerprint density at radius 2 is 0.808 bits per heavy atom. The van der Waals surface area contributed by atoms with Crippen LogP contribution in [0.2, 0.25) is 0 Å². The van der Waals surface area contributed by atoms with Crippen LogP contribution >= 0.6 is 0 Å². The molecule has 0 saturated carbocycles. The largest absolute Gasteiger partial charge is 0.457 e. The third kappa shape index (κ3) is 42.8. The third-order valence-electron chi connectivity index (χ3n) is 9.88. The van der Waals surface area contributed by atoms with Gasteiger partial charge >= 0.3 is 5.97 Å². The molecule has 52 heavy (non-hydrogen) atoms. The van der Waals surface area contributed by atoms with Crippen molar-refractivity contribution < 1.29 is 19.4 Å². The smallest absolute Gasteiger partial charge is 0.306 e. The lowest BCUT2D eigenvalue weighted by Gasteiger charge is -2.16. The van der Waals surface area contributed by atoms with Crippen molar-refractivity contribution in [2.45, 2.75) is 232 Å². The molecule has 1 atom stereocenters. The van der Waals surface area contributed by atoms with Crippen LogP contribution in [0.1, 0.15) is 226 Å². The van der Waals surface area contributed by atoms with Crippen molar-refractivity contribution in [3.8, 4) is 0 Å². The zero-order valence-electron chi connectivity index (χ0n) is 34.8. The van der Waals surface area contributed by atoms with Crippen LogP contribution < -0.4 is 0 Å². The monoisotopic (exact) mass is 729 g/mol. The van der Waals surface area contributed by atoms with Gasteiger partial charge in [-0.25, -0.2) is 0 Å². The van der Waals surface area contributed by atoms with Crippen LogP contribution in [-0.4, -0.2) is 37.0 Å². The summed E-state index contributed by atoms with van der Waals surface area (Å²) in [6, 6.07) is 0. The van der Waals surface area contributed by atoms with Gasteiger partial charge in [0.15, 0.2) is 0 Å². The van der Waals surface area contributed by atoms with E-state index in [1.807, 2.05) is 0 Å². The average molecular weight is 729 g/mol. The summed E-state index contributed by atoms with van der Waals surface area (Å²) in [7, 11) is 0. The van der Waals surface area contributed by atoms with E-state index in [4.69, 9.17) is 9.47 Å². The van der Waals surface area contributed by atoms with Crippen molar-refractivity contribution in [2.75, 3.05) is 19.8 Å². The molecule has 1 N–H and O–H groups in total. The van der Waals surface area contributed by atoms with Crippen LogP contribution in [0, 0.1) is 0 Å². The van der Waals surface area contributed by atoms with Gasteiger partial charge in [0.2, 0.25) is 0 Å². The van der Waals surface area contributed by atoms with Crippen molar-refractivity contribution in [1.29, 1.82) is 0 Å². The van der Waals surface area contributed by atoms with E-state index in [0.717, 1.165) is 32.1 Å². The molecule has 4 nitrogen and oxygen atoms in total. The Morgan fingerprint density at radius 3 is 1.21 bits per heavy atom. The van der Waals surface area contributed by atoms with Crippen molar-refractivity contribution in [1.82, 2.24) is 0 Å². The topological polar surface area (TPSA) is 55.8 Å². The minimum atomic E-state index is -0.540. The number of allylic oxidation sites excluding steroid dienone is 8. The molecule has 0 bridgehead atoms. The molecule has 0 aliphatic rings. The van der Waals surface area contributed by atoms with E-state index < -0.39 is 6.10 Å². The van der Waals surface area contributed by atoms with Crippen LogP contribution in [0.3, 0.4) is 0 Å². The number of carbonyl (C=O) groups is 1. The first-order valence-corrected chi connectivity index (χ1v) is 22.7. The Balaban J connectivity index is 3.44. The van der Waals surface area contributed by atoms with E-state index >= 15 is 0 Å². The van der Waals surface area contributed by atoms with E-state index in [1.54, 1.807) is 0 Å². The minimum Gasteiger partial charge on any atom is -0.457 e. The maximum atomic E-state index is 12.2. The SMILES string of the molecule is CCCCCC/C=C\C/C=C\CCCCCCCCCCOCC(CO)OC(=O)CCCCCCCCCCC/C=C\C/C=C\CCCCCCC. The molecule has 0 heterocycles. The molecule has 0 aromatic carbocycles. The fraction of sp³-hybridized carbons (Fsp3) is 0.812.